The number of rotatable bonds is 2. The summed E-state index contributed by atoms with van der Waals surface area (Å²) in [5.41, 5.74) is 1.28. The summed E-state index contributed by atoms with van der Waals surface area (Å²) in [6.07, 6.45) is 5.55. The average Bonchev–Trinajstić information content (AvgIpc) is 2.89. The highest BCUT2D eigenvalue weighted by molar-refractivity contribution is 7.10. The summed E-state index contributed by atoms with van der Waals surface area (Å²) in [7, 11) is 0. The molecule has 1 saturated heterocycles. The van der Waals surface area contributed by atoms with Gasteiger partial charge in [0.2, 0.25) is 5.91 Å². The van der Waals surface area contributed by atoms with Crippen LogP contribution in [0.1, 0.15) is 49.0 Å². The highest BCUT2D eigenvalue weighted by atomic mass is 35.5. The van der Waals surface area contributed by atoms with Gasteiger partial charge in [-0.15, -0.1) is 23.7 Å². The summed E-state index contributed by atoms with van der Waals surface area (Å²) in [6.45, 7) is 3.24. The molecule has 3 unspecified atom stereocenters. The standard InChI is InChI=1S/C15H22N2OS.ClH/c1-10-13(5-3-8-16-10)17-15(18)12-4-2-6-14-11(12)7-9-19-14;/h7,9-10,12-13,16H,2-6,8H2,1H3,(H,17,18);1H. The molecule has 1 aliphatic heterocycles. The van der Waals surface area contributed by atoms with Crippen LogP contribution in [-0.4, -0.2) is 24.5 Å². The summed E-state index contributed by atoms with van der Waals surface area (Å²) < 4.78 is 0. The number of aryl methyl sites for hydroxylation is 1. The number of carbonyl (C=O) groups excluding carboxylic acids is 1. The van der Waals surface area contributed by atoms with E-state index in [-0.39, 0.29) is 24.2 Å². The first-order valence-corrected chi connectivity index (χ1v) is 8.23. The lowest BCUT2D eigenvalue weighted by Gasteiger charge is -2.32. The van der Waals surface area contributed by atoms with Crippen LogP contribution >= 0.6 is 23.7 Å². The highest BCUT2D eigenvalue weighted by Gasteiger charge is 2.30. The van der Waals surface area contributed by atoms with Crippen molar-refractivity contribution in [1.82, 2.24) is 10.6 Å². The molecule has 5 heteroatoms. The van der Waals surface area contributed by atoms with Crippen molar-refractivity contribution in [3.8, 4) is 0 Å². The van der Waals surface area contributed by atoms with Crippen molar-refractivity contribution in [3.05, 3.63) is 21.9 Å². The lowest BCUT2D eigenvalue weighted by atomic mass is 9.86. The van der Waals surface area contributed by atoms with Crippen LogP contribution in [-0.2, 0) is 11.2 Å². The molecular formula is C15H23ClN2OS. The molecular weight excluding hydrogens is 292 g/mol. The zero-order valence-corrected chi connectivity index (χ0v) is 13.5. The second kappa shape index (κ2) is 6.92. The van der Waals surface area contributed by atoms with Gasteiger partial charge in [0.25, 0.3) is 0 Å². The molecule has 1 aliphatic carbocycles. The van der Waals surface area contributed by atoms with Crippen LogP contribution in [0, 0.1) is 0 Å². The molecule has 3 rings (SSSR count). The summed E-state index contributed by atoms with van der Waals surface area (Å²) >= 11 is 1.80. The first kappa shape index (κ1) is 15.8. The Hall–Kier alpha value is -0.580. The van der Waals surface area contributed by atoms with E-state index in [0.717, 1.165) is 38.6 Å². The topological polar surface area (TPSA) is 41.1 Å². The molecule has 1 fully saturated rings. The van der Waals surface area contributed by atoms with Gasteiger partial charge in [0.15, 0.2) is 0 Å². The Morgan fingerprint density at radius 3 is 3.05 bits per heavy atom. The summed E-state index contributed by atoms with van der Waals surface area (Å²) in [5, 5.41) is 8.84. The predicted octanol–water partition coefficient (Wildman–Crippen LogP) is 2.85. The molecule has 3 atom stereocenters. The van der Waals surface area contributed by atoms with E-state index in [9.17, 15) is 4.79 Å². The first-order chi connectivity index (χ1) is 9.25. The van der Waals surface area contributed by atoms with Gasteiger partial charge in [-0.1, -0.05) is 0 Å². The SMILES string of the molecule is CC1NCCCC1NC(=O)C1CCCc2sccc21.Cl. The summed E-state index contributed by atoms with van der Waals surface area (Å²) in [6, 6.07) is 2.83. The fourth-order valence-electron chi connectivity index (χ4n) is 3.28. The molecule has 112 valence electrons. The molecule has 0 aromatic carbocycles. The Balaban J connectivity index is 0.00000147. The predicted molar refractivity (Wildman–Crippen MR) is 85.9 cm³/mol. The van der Waals surface area contributed by atoms with Crippen LogP contribution in [0.4, 0.5) is 0 Å². The third-order valence-electron chi connectivity index (χ3n) is 4.46. The van der Waals surface area contributed by atoms with Crippen LogP contribution in [0.15, 0.2) is 11.4 Å². The third-order valence-corrected chi connectivity index (χ3v) is 5.45. The first-order valence-electron chi connectivity index (χ1n) is 7.35. The van der Waals surface area contributed by atoms with Crippen LogP contribution in [0.2, 0.25) is 0 Å². The molecule has 1 aromatic heterocycles. The van der Waals surface area contributed by atoms with E-state index in [2.05, 4.69) is 29.0 Å². The van der Waals surface area contributed by atoms with Crippen molar-refractivity contribution < 1.29 is 4.79 Å². The number of hydrogen-bond acceptors (Lipinski definition) is 3. The molecule has 2 aliphatic rings. The molecule has 3 nitrogen and oxygen atoms in total. The molecule has 0 saturated carbocycles. The fourth-order valence-corrected chi connectivity index (χ4v) is 4.27. The van der Waals surface area contributed by atoms with Gasteiger partial charge < -0.3 is 10.6 Å². The minimum atomic E-state index is 0. The zero-order valence-electron chi connectivity index (χ0n) is 11.9. The third kappa shape index (κ3) is 3.18. The minimum absolute atomic E-state index is 0. The van der Waals surface area contributed by atoms with E-state index in [4.69, 9.17) is 0 Å². The molecule has 1 aromatic rings. The molecule has 0 bridgehead atoms. The lowest BCUT2D eigenvalue weighted by molar-refractivity contribution is -0.124. The lowest BCUT2D eigenvalue weighted by Crippen LogP contribution is -2.52. The summed E-state index contributed by atoms with van der Waals surface area (Å²) in [5.74, 6) is 0.323. The van der Waals surface area contributed by atoms with Crippen molar-refractivity contribution in [1.29, 1.82) is 0 Å². The fraction of sp³-hybridized carbons (Fsp3) is 0.667. The normalized spacial score (nSPS) is 29.1. The number of nitrogens with one attached hydrogen (secondary N) is 2. The van der Waals surface area contributed by atoms with E-state index in [1.807, 2.05) is 0 Å². The number of amides is 1. The Morgan fingerprint density at radius 2 is 2.25 bits per heavy atom. The van der Waals surface area contributed by atoms with Crippen LogP contribution in [0.25, 0.3) is 0 Å². The maximum absolute atomic E-state index is 12.5. The largest absolute Gasteiger partial charge is 0.351 e. The summed E-state index contributed by atoms with van der Waals surface area (Å²) in [4.78, 5) is 14.0. The Labute approximate surface area is 130 Å². The molecule has 0 spiro atoms. The van der Waals surface area contributed by atoms with Crippen molar-refractivity contribution in [3.63, 3.8) is 0 Å². The quantitative estimate of drug-likeness (QED) is 0.881. The monoisotopic (exact) mass is 314 g/mol. The number of carbonyl (C=O) groups is 1. The highest BCUT2D eigenvalue weighted by Crippen LogP contribution is 2.35. The van der Waals surface area contributed by atoms with Gasteiger partial charge in [0.1, 0.15) is 0 Å². The van der Waals surface area contributed by atoms with Crippen molar-refractivity contribution in [2.75, 3.05) is 6.54 Å². The maximum Gasteiger partial charge on any atom is 0.227 e. The molecule has 2 N–H and O–H groups in total. The van der Waals surface area contributed by atoms with Crippen LogP contribution in [0.5, 0.6) is 0 Å². The van der Waals surface area contributed by atoms with Crippen molar-refractivity contribution in [2.24, 2.45) is 0 Å². The van der Waals surface area contributed by atoms with E-state index in [1.54, 1.807) is 11.3 Å². The smallest absolute Gasteiger partial charge is 0.227 e. The average molecular weight is 315 g/mol. The Kier molecular flexibility index (Phi) is 5.47. The maximum atomic E-state index is 12.5. The Morgan fingerprint density at radius 1 is 1.40 bits per heavy atom. The van der Waals surface area contributed by atoms with Crippen molar-refractivity contribution in [2.45, 2.75) is 57.0 Å². The van der Waals surface area contributed by atoms with Crippen LogP contribution < -0.4 is 10.6 Å². The van der Waals surface area contributed by atoms with Gasteiger partial charge in [-0.25, -0.2) is 0 Å². The number of piperidine rings is 1. The Bertz CT molecular complexity index is 462. The number of halogens is 1. The molecule has 2 heterocycles. The van der Waals surface area contributed by atoms with Crippen molar-refractivity contribution >= 4 is 29.7 Å². The van der Waals surface area contributed by atoms with E-state index in [0.29, 0.717) is 12.1 Å². The van der Waals surface area contributed by atoms with E-state index >= 15 is 0 Å². The minimum Gasteiger partial charge on any atom is -0.351 e. The van der Waals surface area contributed by atoms with Gasteiger partial charge >= 0.3 is 0 Å². The van der Waals surface area contributed by atoms with Gasteiger partial charge in [-0.2, -0.15) is 0 Å². The van der Waals surface area contributed by atoms with Gasteiger partial charge in [0.05, 0.1) is 5.92 Å². The molecule has 20 heavy (non-hydrogen) atoms. The second-order valence-electron chi connectivity index (χ2n) is 5.74. The molecule has 0 radical (unpaired) electrons. The second-order valence-corrected chi connectivity index (χ2v) is 6.74. The van der Waals surface area contributed by atoms with Gasteiger partial charge in [0, 0.05) is 17.0 Å². The van der Waals surface area contributed by atoms with Gasteiger partial charge in [-0.05, 0) is 62.6 Å². The number of thiophene rings is 1. The van der Waals surface area contributed by atoms with E-state index < -0.39 is 0 Å². The van der Waals surface area contributed by atoms with Gasteiger partial charge in [-0.3, -0.25) is 4.79 Å². The number of fused-ring (bicyclic) bond motifs is 1. The van der Waals surface area contributed by atoms with Crippen LogP contribution in [0.3, 0.4) is 0 Å². The zero-order chi connectivity index (χ0) is 13.2. The van der Waals surface area contributed by atoms with E-state index in [1.165, 1.54) is 10.4 Å². The number of hydrogen-bond donors (Lipinski definition) is 2. The molecule has 1 amide bonds.